The first-order valence-corrected chi connectivity index (χ1v) is 4.41. The first-order chi connectivity index (χ1) is 4.68. The van der Waals surface area contributed by atoms with Gasteiger partial charge >= 0.3 is 8.25 Å². The normalized spacial score (nSPS) is 10.5. The summed E-state index contributed by atoms with van der Waals surface area (Å²) < 4.78 is 8.74. The molecule has 0 rings (SSSR count). The molecule has 0 radical (unpaired) electrons. The Hall–Kier alpha value is -0.180. The summed E-state index contributed by atoms with van der Waals surface area (Å²) in [5, 5.41) is 0. The standard InChI is InChI=1S/C6H12O.H3O3P/c1-5(7)6(2,3)4;1-4(2)3/h1-4H3;4H,(H2,1,2,3). The van der Waals surface area contributed by atoms with Crippen molar-refractivity contribution in [2.24, 2.45) is 5.41 Å². The zero-order valence-electron chi connectivity index (χ0n) is 7.21. The summed E-state index contributed by atoms with van der Waals surface area (Å²) in [6.45, 7) is 7.35. The molecule has 0 aliphatic rings. The molecule has 0 saturated carbocycles. The first kappa shape index (κ1) is 13.4. The molecule has 0 aliphatic carbocycles. The van der Waals surface area contributed by atoms with Crippen LogP contribution in [0.1, 0.15) is 27.7 Å². The van der Waals surface area contributed by atoms with Gasteiger partial charge in [-0.25, -0.2) is 0 Å². The second-order valence-corrected chi connectivity index (χ2v) is 3.65. The molecule has 0 atom stereocenters. The highest BCUT2D eigenvalue weighted by molar-refractivity contribution is 7.30. The molecule has 2 N–H and O–H groups in total. The van der Waals surface area contributed by atoms with Gasteiger partial charge in [0.05, 0.1) is 0 Å². The molecular weight excluding hydrogens is 167 g/mol. The van der Waals surface area contributed by atoms with Gasteiger partial charge in [-0.05, 0) is 6.92 Å². The second kappa shape index (κ2) is 5.47. The Balaban J connectivity index is 0. The minimum absolute atomic E-state index is 0.139. The summed E-state index contributed by atoms with van der Waals surface area (Å²) in [7, 11) is -3.13. The van der Waals surface area contributed by atoms with Crippen LogP contribution in [0.2, 0.25) is 0 Å². The highest BCUT2D eigenvalue weighted by Gasteiger charge is 2.14. The SMILES string of the molecule is CC(=O)C(C)(C)C.O=[PH](O)O. The van der Waals surface area contributed by atoms with Crippen LogP contribution in [0.4, 0.5) is 0 Å². The van der Waals surface area contributed by atoms with Crippen molar-refractivity contribution >= 4 is 14.0 Å². The third-order valence-electron chi connectivity index (χ3n) is 1.06. The Bertz CT molecular complexity index is 143. The zero-order chi connectivity index (χ0) is 9.65. The van der Waals surface area contributed by atoms with Crippen LogP contribution in [0.3, 0.4) is 0 Å². The van der Waals surface area contributed by atoms with Crippen molar-refractivity contribution in [3.05, 3.63) is 0 Å². The fourth-order valence-electron chi connectivity index (χ4n) is 0. The van der Waals surface area contributed by atoms with E-state index in [2.05, 4.69) is 0 Å². The Morgan fingerprint density at radius 1 is 1.27 bits per heavy atom. The lowest BCUT2D eigenvalue weighted by molar-refractivity contribution is -0.124. The van der Waals surface area contributed by atoms with Gasteiger partial charge in [0.15, 0.2) is 0 Å². The minimum Gasteiger partial charge on any atom is -0.326 e. The maximum atomic E-state index is 10.5. The number of hydrogen-bond donors (Lipinski definition) is 2. The van der Waals surface area contributed by atoms with Crippen molar-refractivity contribution in [2.75, 3.05) is 0 Å². The van der Waals surface area contributed by atoms with Gasteiger partial charge < -0.3 is 9.79 Å². The van der Waals surface area contributed by atoms with Gasteiger partial charge in [-0.1, -0.05) is 20.8 Å². The van der Waals surface area contributed by atoms with Gasteiger partial charge in [0.25, 0.3) is 0 Å². The summed E-state index contributed by atoms with van der Waals surface area (Å²) >= 11 is 0. The quantitative estimate of drug-likeness (QED) is 0.547. The Morgan fingerprint density at radius 2 is 1.36 bits per heavy atom. The van der Waals surface area contributed by atoms with E-state index < -0.39 is 8.25 Å². The molecule has 68 valence electrons. The van der Waals surface area contributed by atoms with Gasteiger partial charge in [-0.3, -0.25) is 9.36 Å². The summed E-state index contributed by atoms with van der Waals surface area (Å²) in [6, 6.07) is 0. The molecule has 0 spiro atoms. The Labute approximate surface area is 67.2 Å². The molecule has 0 aromatic heterocycles. The molecule has 0 aliphatic heterocycles. The van der Waals surface area contributed by atoms with Gasteiger partial charge in [0.2, 0.25) is 0 Å². The molecule has 0 fully saturated rings. The molecule has 0 saturated heterocycles. The van der Waals surface area contributed by atoms with Crippen molar-refractivity contribution in [3.8, 4) is 0 Å². The molecule has 0 amide bonds. The third kappa shape index (κ3) is 17.7. The van der Waals surface area contributed by atoms with E-state index in [-0.39, 0.29) is 11.2 Å². The molecule has 0 unspecified atom stereocenters. The summed E-state index contributed by atoms with van der Waals surface area (Å²) in [5.74, 6) is 0.243. The maximum absolute atomic E-state index is 10.5. The van der Waals surface area contributed by atoms with E-state index in [1.807, 2.05) is 20.8 Å². The summed E-state index contributed by atoms with van der Waals surface area (Å²) in [6.07, 6.45) is 0. The van der Waals surface area contributed by atoms with Crippen molar-refractivity contribution in [1.29, 1.82) is 0 Å². The number of carbonyl (C=O) groups excluding carboxylic acids is 1. The lowest BCUT2D eigenvalue weighted by Crippen LogP contribution is -2.15. The second-order valence-electron chi connectivity index (χ2n) is 3.09. The number of rotatable bonds is 0. The van der Waals surface area contributed by atoms with Crippen molar-refractivity contribution in [3.63, 3.8) is 0 Å². The number of ketones is 1. The average molecular weight is 182 g/mol. The van der Waals surface area contributed by atoms with Crippen molar-refractivity contribution < 1.29 is 19.1 Å². The molecule has 4 nitrogen and oxygen atoms in total. The van der Waals surface area contributed by atoms with Gasteiger partial charge in [0, 0.05) is 5.41 Å². The maximum Gasteiger partial charge on any atom is 0.314 e. The Morgan fingerprint density at radius 3 is 1.36 bits per heavy atom. The van der Waals surface area contributed by atoms with E-state index in [1.165, 1.54) is 0 Å². The predicted octanol–water partition coefficient (Wildman–Crippen LogP) is 0.982. The summed E-state index contributed by atoms with van der Waals surface area (Å²) in [4.78, 5) is 24.8. The largest absolute Gasteiger partial charge is 0.326 e. The van der Waals surface area contributed by atoms with E-state index >= 15 is 0 Å². The summed E-state index contributed by atoms with van der Waals surface area (Å²) in [5.41, 5.74) is -0.139. The van der Waals surface area contributed by atoms with Crippen molar-refractivity contribution in [2.45, 2.75) is 27.7 Å². The molecule has 5 heteroatoms. The van der Waals surface area contributed by atoms with Crippen LogP contribution in [0.15, 0.2) is 0 Å². The van der Waals surface area contributed by atoms with Crippen LogP contribution in [0, 0.1) is 5.41 Å². The molecule has 11 heavy (non-hydrogen) atoms. The number of hydrogen-bond acceptors (Lipinski definition) is 2. The van der Waals surface area contributed by atoms with Crippen LogP contribution >= 0.6 is 8.25 Å². The molecular formula is C6H15O4P. The smallest absolute Gasteiger partial charge is 0.314 e. The monoisotopic (exact) mass is 182 g/mol. The van der Waals surface area contributed by atoms with Crippen molar-refractivity contribution in [1.82, 2.24) is 0 Å². The van der Waals surface area contributed by atoms with Crippen LogP contribution in [-0.4, -0.2) is 15.6 Å². The van der Waals surface area contributed by atoms with Crippen LogP contribution in [0.5, 0.6) is 0 Å². The number of Topliss-reactive ketones (excluding diaryl/α,β-unsaturated/α-hetero) is 1. The predicted molar refractivity (Wildman–Crippen MR) is 43.6 cm³/mol. The van der Waals surface area contributed by atoms with Crippen LogP contribution in [0.25, 0.3) is 0 Å². The van der Waals surface area contributed by atoms with E-state index in [1.54, 1.807) is 6.92 Å². The van der Waals surface area contributed by atoms with Gasteiger partial charge in [0.1, 0.15) is 5.78 Å². The van der Waals surface area contributed by atoms with E-state index in [0.29, 0.717) is 0 Å². The highest BCUT2D eigenvalue weighted by Crippen LogP contribution is 2.12. The zero-order valence-corrected chi connectivity index (χ0v) is 8.21. The number of carbonyl (C=O) groups is 1. The van der Waals surface area contributed by atoms with E-state index in [4.69, 9.17) is 14.4 Å². The topological polar surface area (TPSA) is 74.6 Å². The highest BCUT2D eigenvalue weighted by atomic mass is 31.1. The van der Waals surface area contributed by atoms with E-state index in [0.717, 1.165) is 0 Å². The first-order valence-electron chi connectivity index (χ1n) is 3.11. The third-order valence-corrected chi connectivity index (χ3v) is 1.06. The average Bonchev–Trinajstić information content (AvgIpc) is 1.59. The van der Waals surface area contributed by atoms with Crippen LogP contribution in [-0.2, 0) is 9.36 Å². The molecule has 0 aromatic rings. The lowest BCUT2D eigenvalue weighted by Gasteiger charge is -2.11. The lowest BCUT2D eigenvalue weighted by atomic mass is 9.92. The fraction of sp³-hybridized carbons (Fsp3) is 0.833. The molecule has 0 aromatic carbocycles. The van der Waals surface area contributed by atoms with Crippen LogP contribution < -0.4 is 0 Å². The molecule has 0 bridgehead atoms. The van der Waals surface area contributed by atoms with Gasteiger partial charge in [-0.15, -0.1) is 0 Å². The van der Waals surface area contributed by atoms with E-state index in [9.17, 15) is 4.79 Å². The van der Waals surface area contributed by atoms with Gasteiger partial charge in [-0.2, -0.15) is 0 Å². The minimum atomic E-state index is -3.13. The molecule has 0 heterocycles. The fourth-order valence-corrected chi connectivity index (χ4v) is 0. The Kier molecular flexibility index (Phi) is 6.67.